The van der Waals surface area contributed by atoms with E-state index in [9.17, 15) is 4.79 Å². The number of ketones is 1. The van der Waals surface area contributed by atoms with Crippen molar-refractivity contribution in [1.82, 2.24) is 0 Å². The van der Waals surface area contributed by atoms with Crippen LogP contribution in [0.1, 0.15) is 27.0 Å². The molecule has 0 bridgehead atoms. The second-order valence-electron chi connectivity index (χ2n) is 4.71. The molecular formula is C17H18O2. The van der Waals surface area contributed by atoms with E-state index in [0.29, 0.717) is 12.2 Å². The molecule has 0 radical (unpaired) electrons. The smallest absolute Gasteiger partial charge is 0.188 e. The summed E-state index contributed by atoms with van der Waals surface area (Å²) in [5.74, 6) is 0.0189. The van der Waals surface area contributed by atoms with Crippen LogP contribution in [0.25, 0.3) is 0 Å². The molecule has 0 aliphatic rings. The van der Waals surface area contributed by atoms with Gasteiger partial charge in [0, 0.05) is 5.56 Å². The van der Waals surface area contributed by atoms with Crippen molar-refractivity contribution in [1.29, 1.82) is 0 Å². The summed E-state index contributed by atoms with van der Waals surface area (Å²) in [6, 6.07) is 15.5. The number of Topliss-reactive ketones (excluding diaryl/α,β-unsaturated/α-hetero) is 1. The van der Waals surface area contributed by atoms with Crippen LogP contribution < -0.4 is 0 Å². The molecule has 0 saturated heterocycles. The molecular weight excluding hydrogens is 236 g/mol. The van der Waals surface area contributed by atoms with Crippen molar-refractivity contribution in [3.8, 4) is 0 Å². The van der Waals surface area contributed by atoms with Gasteiger partial charge in [-0.2, -0.15) is 0 Å². The molecule has 19 heavy (non-hydrogen) atoms. The summed E-state index contributed by atoms with van der Waals surface area (Å²) in [6.45, 7) is 4.73. The molecule has 98 valence electrons. The number of hydrogen-bond acceptors (Lipinski definition) is 2. The monoisotopic (exact) mass is 254 g/mol. The lowest BCUT2D eigenvalue weighted by atomic mass is 10.1. The van der Waals surface area contributed by atoms with E-state index in [2.05, 4.69) is 32.0 Å². The summed E-state index contributed by atoms with van der Waals surface area (Å²) >= 11 is 0. The number of aryl methyl sites for hydroxylation is 2. The van der Waals surface area contributed by atoms with Crippen molar-refractivity contribution in [2.24, 2.45) is 0 Å². The number of benzene rings is 2. The summed E-state index contributed by atoms with van der Waals surface area (Å²) < 4.78 is 5.51. The lowest BCUT2D eigenvalue weighted by Crippen LogP contribution is -2.09. The second kappa shape index (κ2) is 6.30. The highest BCUT2D eigenvalue weighted by atomic mass is 16.5. The zero-order chi connectivity index (χ0) is 13.7. The van der Waals surface area contributed by atoms with Crippen LogP contribution in [0.2, 0.25) is 0 Å². The topological polar surface area (TPSA) is 26.3 Å². The highest BCUT2D eigenvalue weighted by Crippen LogP contribution is 2.12. The number of rotatable bonds is 5. The van der Waals surface area contributed by atoms with Gasteiger partial charge in [-0.15, -0.1) is 0 Å². The number of hydrogen-bond donors (Lipinski definition) is 0. The molecule has 2 rings (SSSR count). The van der Waals surface area contributed by atoms with E-state index in [4.69, 9.17) is 4.74 Å². The summed E-state index contributed by atoms with van der Waals surface area (Å²) in [5, 5.41) is 0. The highest BCUT2D eigenvalue weighted by molar-refractivity contribution is 5.96. The molecule has 0 aliphatic heterocycles. The van der Waals surface area contributed by atoms with Crippen molar-refractivity contribution in [2.75, 3.05) is 6.61 Å². The van der Waals surface area contributed by atoms with E-state index in [-0.39, 0.29) is 12.4 Å². The van der Waals surface area contributed by atoms with E-state index in [1.54, 1.807) is 0 Å². The maximum absolute atomic E-state index is 11.8. The van der Waals surface area contributed by atoms with Crippen LogP contribution in [0.15, 0.2) is 48.5 Å². The molecule has 2 nitrogen and oxygen atoms in total. The molecule has 0 fully saturated rings. The van der Waals surface area contributed by atoms with E-state index in [0.717, 1.165) is 5.56 Å². The molecule has 2 heteroatoms. The maximum atomic E-state index is 11.8. The van der Waals surface area contributed by atoms with Crippen LogP contribution in [-0.2, 0) is 11.3 Å². The fourth-order valence-corrected chi connectivity index (χ4v) is 1.97. The third-order valence-corrected chi connectivity index (χ3v) is 3.08. The minimum Gasteiger partial charge on any atom is -0.369 e. The fraction of sp³-hybridized carbons (Fsp3) is 0.235. The molecule has 0 N–H and O–H groups in total. The van der Waals surface area contributed by atoms with Crippen LogP contribution in [-0.4, -0.2) is 12.4 Å². The Kier molecular flexibility index (Phi) is 4.48. The number of ether oxygens (including phenoxy) is 1. The van der Waals surface area contributed by atoms with Crippen LogP contribution in [0.4, 0.5) is 0 Å². The first-order chi connectivity index (χ1) is 9.16. The van der Waals surface area contributed by atoms with Crippen molar-refractivity contribution in [3.05, 3.63) is 70.8 Å². The van der Waals surface area contributed by atoms with Gasteiger partial charge in [-0.25, -0.2) is 0 Å². The van der Waals surface area contributed by atoms with E-state index >= 15 is 0 Å². The van der Waals surface area contributed by atoms with Crippen LogP contribution in [0, 0.1) is 13.8 Å². The maximum Gasteiger partial charge on any atom is 0.188 e. The Balaban J connectivity index is 1.88. The minimum absolute atomic E-state index is 0.0189. The Morgan fingerprint density at radius 1 is 1.05 bits per heavy atom. The third kappa shape index (κ3) is 3.76. The molecule has 0 unspecified atom stereocenters. The third-order valence-electron chi connectivity index (χ3n) is 3.08. The zero-order valence-electron chi connectivity index (χ0n) is 11.3. The van der Waals surface area contributed by atoms with Gasteiger partial charge in [0.2, 0.25) is 0 Å². The molecule has 0 aliphatic carbocycles. The Hall–Kier alpha value is -1.93. The molecule has 0 spiro atoms. The van der Waals surface area contributed by atoms with Crippen molar-refractivity contribution >= 4 is 5.78 Å². The van der Waals surface area contributed by atoms with Gasteiger partial charge in [-0.05, 0) is 25.0 Å². The molecule has 0 aromatic heterocycles. The quantitative estimate of drug-likeness (QED) is 0.760. The Morgan fingerprint density at radius 2 is 1.79 bits per heavy atom. The second-order valence-corrected chi connectivity index (χ2v) is 4.71. The normalized spacial score (nSPS) is 10.4. The minimum atomic E-state index is 0.0189. The first-order valence-electron chi connectivity index (χ1n) is 6.39. The fourth-order valence-electron chi connectivity index (χ4n) is 1.97. The lowest BCUT2D eigenvalue weighted by molar-refractivity contribution is 0.0725. The summed E-state index contributed by atoms with van der Waals surface area (Å²) in [6.07, 6.45) is 0. The van der Waals surface area contributed by atoms with E-state index in [1.807, 2.05) is 30.3 Å². The van der Waals surface area contributed by atoms with Crippen molar-refractivity contribution < 1.29 is 9.53 Å². The van der Waals surface area contributed by atoms with Gasteiger partial charge in [0.25, 0.3) is 0 Å². The predicted octanol–water partition coefficient (Wildman–Crippen LogP) is 3.70. The van der Waals surface area contributed by atoms with Crippen LogP contribution >= 0.6 is 0 Å². The van der Waals surface area contributed by atoms with Gasteiger partial charge >= 0.3 is 0 Å². The molecule has 0 atom stereocenters. The predicted molar refractivity (Wildman–Crippen MR) is 76.3 cm³/mol. The lowest BCUT2D eigenvalue weighted by Gasteiger charge is -2.07. The first kappa shape index (κ1) is 13.5. The molecule has 0 saturated carbocycles. The molecule has 2 aromatic carbocycles. The molecule has 0 amide bonds. The van der Waals surface area contributed by atoms with Gasteiger partial charge in [-0.1, -0.05) is 54.1 Å². The van der Waals surface area contributed by atoms with Crippen molar-refractivity contribution in [2.45, 2.75) is 20.5 Å². The van der Waals surface area contributed by atoms with Crippen LogP contribution in [0.5, 0.6) is 0 Å². The largest absolute Gasteiger partial charge is 0.369 e. The first-order valence-corrected chi connectivity index (χ1v) is 6.39. The molecule has 0 heterocycles. The summed E-state index contributed by atoms with van der Waals surface area (Å²) in [4.78, 5) is 11.8. The average molecular weight is 254 g/mol. The van der Waals surface area contributed by atoms with Gasteiger partial charge in [0.15, 0.2) is 5.78 Å². The Labute approximate surface area is 114 Å². The number of carbonyl (C=O) groups is 1. The van der Waals surface area contributed by atoms with Crippen molar-refractivity contribution in [3.63, 3.8) is 0 Å². The average Bonchev–Trinajstić information content (AvgIpc) is 2.42. The summed E-state index contributed by atoms with van der Waals surface area (Å²) in [7, 11) is 0. The summed E-state index contributed by atoms with van der Waals surface area (Å²) in [5.41, 5.74) is 4.27. The molecule has 2 aromatic rings. The van der Waals surface area contributed by atoms with Crippen LogP contribution in [0.3, 0.4) is 0 Å². The van der Waals surface area contributed by atoms with Gasteiger partial charge in [0.05, 0.1) is 6.61 Å². The van der Waals surface area contributed by atoms with Gasteiger partial charge in [-0.3, -0.25) is 4.79 Å². The van der Waals surface area contributed by atoms with Gasteiger partial charge < -0.3 is 4.74 Å². The zero-order valence-corrected chi connectivity index (χ0v) is 11.3. The van der Waals surface area contributed by atoms with Gasteiger partial charge in [0.1, 0.15) is 6.61 Å². The standard InChI is InChI=1S/C17H18O2/c1-13-8-9-16(14(2)10-13)11-19-12-17(18)15-6-4-3-5-7-15/h3-10H,11-12H2,1-2H3. The Morgan fingerprint density at radius 3 is 2.47 bits per heavy atom. The number of carbonyl (C=O) groups excluding carboxylic acids is 1. The van der Waals surface area contributed by atoms with E-state index in [1.165, 1.54) is 11.1 Å². The van der Waals surface area contributed by atoms with E-state index < -0.39 is 0 Å². The Bertz CT molecular complexity index is 559. The highest BCUT2D eigenvalue weighted by Gasteiger charge is 2.05. The SMILES string of the molecule is Cc1ccc(COCC(=O)c2ccccc2)c(C)c1.